The highest BCUT2D eigenvalue weighted by molar-refractivity contribution is 14.1. The molecule has 14 heavy (non-hydrogen) atoms. The zero-order chi connectivity index (χ0) is 10.7. The Morgan fingerprint density at radius 3 is 2.64 bits per heavy atom. The third kappa shape index (κ3) is 2.97. The third-order valence-electron chi connectivity index (χ3n) is 1.81. The second-order valence-corrected chi connectivity index (χ2v) is 4.22. The number of hydrogen-bond donors (Lipinski definition) is 1. The van der Waals surface area contributed by atoms with E-state index in [-0.39, 0.29) is 6.54 Å². The molecule has 0 spiro atoms. The molecule has 5 heteroatoms. The van der Waals surface area contributed by atoms with Crippen molar-refractivity contribution in [3.63, 3.8) is 0 Å². The minimum Gasteiger partial charge on any atom is -0.397 e. The first-order chi connectivity index (χ1) is 6.50. The molecule has 0 aliphatic carbocycles. The van der Waals surface area contributed by atoms with Gasteiger partial charge in [0.25, 0.3) is 6.43 Å². The van der Waals surface area contributed by atoms with Crippen molar-refractivity contribution in [2.45, 2.75) is 6.43 Å². The number of halogens is 3. The van der Waals surface area contributed by atoms with Gasteiger partial charge in [0.2, 0.25) is 0 Å². The fourth-order valence-corrected chi connectivity index (χ4v) is 1.69. The fraction of sp³-hybridized carbons (Fsp3) is 0.333. The van der Waals surface area contributed by atoms with Gasteiger partial charge < -0.3 is 10.6 Å². The summed E-state index contributed by atoms with van der Waals surface area (Å²) in [5.41, 5.74) is 6.88. The van der Waals surface area contributed by atoms with Gasteiger partial charge in [-0.15, -0.1) is 0 Å². The van der Waals surface area contributed by atoms with Gasteiger partial charge in [-0.3, -0.25) is 0 Å². The van der Waals surface area contributed by atoms with Crippen molar-refractivity contribution in [1.29, 1.82) is 0 Å². The second kappa shape index (κ2) is 4.77. The SMILES string of the molecule is CN(CC(F)F)c1ccc(I)cc1N. The number of benzene rings is 1. The van der Waals surface area contributed by atoms with Gasteiger partial charge in [-0.25, -0.2) is 8.78 Å². The monoisotopic (exact) mass is 312 g/mol. The minimum absolute atomic E-state index is 0.301. The molecule has 0 aromatic heterocycles. The lowest BCUT2D eigenvalue weighted by Gasteiger charge is -2.20. The summed E-state index contributed by atoms with van der Waals surface area (Å²) in [6.45, 7) is -0.301. The van der Waals surface area contributed by atoms with Crippen molar-refractivity contribution < 1.29 is 8.78 Å². The van der Waals surface area contributed by atoms with E-state index in [0.29, 0.717) is 11.4 Å². The Labute approximate surface area is 95.2 Å². The van der Waals surface area contributed by atoms with Gasteiger partial charge in [0.15, 0.2) is 0 Å². The first kappa shape index (κ1) is 11.5. The van der Waals surface area contributed by atoms with E-state index in [4.69, 9.17) is 5.73 Å². The zero-order valence-electron chi connectivity index (χ0n) is 7.67. The van der Waals surface area contributed by atoms with Crippen molar-refractivity contribution in [2.75, 3.05) is 24.2 Å². The van der Waals surface area contributed by atoms with Gasteiger partial charge in [-0.2, -0.15) is 0 Å². The molecule has 2 N–H and O–H groups in total. The first-order valence-corrected chi connectivity index (χ1v) is 5.13. The van der Waals surface area contributed by atoms with Crippen LogP contribution in [0.1, 0.15) is 0 Å². The standard InChI is InChI=1S/C9H11F2IN2/c1-14(5-9(10)11)8-3-2-6(12)4-7(8)13/h2-4,9H,5,13H2,1H3. The molecular weight excluding hydrogens is 301 g/mol. The van der Waals surface area contributed by atoms with E-state index in [1.165, 1.54) is 4.90 Å². The fourth-order valence-electron chi connectivity index (χ4n) is 1.18. The average Bonchev–Trinajstić information content (AvgIpc) is 2.01. The van der Waals surface area contributed by atoms with E-state index in [1.54, 1.807) is 19.2 Å². The molecule has 1 rings (SSSR count). The summed E-state index contributed by atoms with van der Waals surface area (Å²) >= 11 is 2.12. The lowest BCUT2D eigenvalue weighted by Crippen LogP contribution is -2.24. The maximum atomic E-state index is 12.1. The zero-order valence-corrected chi connectivity index (χ0v) is 9.83. The molecule has 0 atom stereocenters. The van der Waals surface area contributed by atoms with Crippen LogP contribution in [0.4, 0.5) is 20.2 Å². The van der Waals surface area contributed by atoms with E-state index >= 15 is 0 Å². The van der Waals surface area contributed by atoms with Crippen molar-refractivity contribution >= 4 is 34.0 Å². The van der Waals surface area contributed by atoms with Crippen LogP contribution in [0.15, 0.2) is 18.2 Å². The van der Waals surface area contributed by atoms with Crippen LogP contribution in [-0.2, 0) is 0 Å². The maximum absolute atomic E-state index is 12.1. The number of hydrogen-bond acceptors (Lipinski definition) is 2. The van der Waals surface area contributed by atoms with Crippen LogP contribution in [0.3, 0.4) is 0 Å². The van der Waals surface area contributed by atoms with Crippen LogP contribution in [-0.4, -0.2) is 20.0 Å². The molecular formula is C9H11F2IN2. The summed E-state index contributed by atoms with van der Waals surface area (Å²) in [5.74, 6) is 0. The van der Waals surface area contributed by atoms with Gasteiger partial charge in [0.05, 0.1) is 17.9 Å². The largest absolute Gasteiger partial charge is 0.397 e. The molecule has 2 nitrogen and oxygen atoms in total. The molecule has 78 valence electrons. The second-order valence-electron chi connectivity index (χ2n) is 2.97. The van der Waals surface area contributed by atoms with Gasteiger partial charge >= 0.3 is 0 Å². The first-order valence-electron chi connectivity index (χ1n) is 4.05. The van der Waals surface area contributed by atoms with Crippen molar-refractivity contribution in [3.05, 3.63) is 21.8 Å². The smallest absolute Gasteiger partial charge is 0.255 e. The summed E-state index contributed by atoms with van der Waals surface area (Å²) in [7, 11) is 1.60. The van der Waals surface area contributed by atoms with Crippen molar-refractivity contribution in [3.8, 4) is 0 Å². The number of nitrogen functional groups attached to an aromatic ring is 1. The Kier molecular flexibility index (Phi) is 3.91. The molecule has 0 unspecified atom stereocenters. The molecule has 0 aliphatic rings. The Hall–Kier alpha value is -0.590. The molecule has 0 fully saturated rings. The number of rotatable bonds is 3. The quantitative estimate of drug-likeness (QED) is 0.687. The number of anilines is 2. The summed E-state index contributed by atoms with van der Waals surface area (Å²) in [6.07, 6.45) is -2.35. The van der Waals surface area contributed by atoms with E-state index < -0.39 is 6.43 Å². The van der Waals surface area contributed by atoms with Crippen LogP contribution in [0.2, 0.25) is 0 Å². The maximum Gasteiger partial charge on any atom is 0.255 e. The van der Waals surface area contributed by atoms with Crippen LogP contribution in [0.5, 0.6) is 0 Å². The minimum atomic E-state index is -2.35. The number of nitrogens with zero attached hydrogens (tertiary/aromatic N) is 1. The molecule has 0 bridgehead atoms. The predicted octanol–water partition coefficient (Wildman–Crippen LogP) is 2.57. The molecule has 0 amide bonds. The third-order valence-corrected chi connectivity index (χ3v) is 2.48. The van der Waals surface area contributed by atoms with Crippen molar-refractivity contribution in [2.24, 2.45) is 0 Å². The summed E-state index contributed by atoms with van der Waals surface area (Å²) in [5, 5.41) is 0. The summed E-state index contributed by atoms with van der Waals surface area (Å²) in [4.78, 5) is 1.45. The van der Waals surface area contributed by atoms with E-state index in [1.807, 2.05) is 6.07 Å². The van der Waals surface area contributed by atoms with Gasteiger partial charge in [0, 0.05) is 10.6 Å². The van der Waals surface area contributed by atoms with Crippen LogP contribution < -0.4 is 10.6 Å². The Bertz CT molecular complexity index is 318. The highest BCUT2D eigenvalue weighted by Gasteiger charge is 2.10. The summed E-state index contributed by atoms with van der Waals surface area (Å²) < 4.78 is 25.2. The molecule has 0 saturated heterocycles. The lowest BCUT2D eigenvalue weighted by molar-refractivity contribution is 0.156. The van der Waals surface area contributed by atoms with Crippen LogP contribution in [0.25, 0.3) is 0 Å². The topological polar surface area (TPSA) is 29.3 Å². The van der Waals surface area contributed by atoms with Crippen LogP contribution in [0, 0.1) is 3.57 Å². The molecule has 0 heterocycles. The average molecular weight is 312 g/mol. The van der Waals surface area contributed by atoms with Gasteiger partial charge in [0.1, 0.15) is 0 Å². The normalized spacial score (nSPS) is 10.6. The lowest BCUT2D eigenvalue weighted by atomic mass is 10.2. The van der Waals surface area contributed by atoms with E-state index in [9.17, 15) is 8.78 Å². The Morgan fingerprint density at radius 2 is 2.14 bits per heavy atom. The van der Waals surface area contributed by atoms with Crippen LogP contribution >= 0.6 is 22.6 Å². The van der Waals surface area contributed by atoms with Crippen molar-refractivity contribution in [1.82, 2.24) is 0 Å². The predicted molar refractivity (Wildman–Crippen MR) is 62.8 cm³/mol. The molecule has 0 saturated carbocycles. The van der Waals surface area contributed by atoms with Gasteiger partial charge in [-0.1, -0.05) is 0 Å². The molecule has 0 aliphatic heterocycles. The van der Waals surface area contributed by atoms with E-state index in [0.717, 1.165) is 3.57 Å². The number of nitrogens with two attached hydrogens (primary N) is 1. The Morgan fingerprint density at radius 1 is 1.50 bits per heavy atom. The highest BCUT2D eigenvalue weighted by atomic mass is 127. The highest BCUT2D eigenvalue weighted by Crippen LogP contribution is 2.24. The summed E-state index contributed by atoms with van der Waals surface area (Å²) in [6, 6.07) is 5.35. The Balaban J connectivity index is 2.84. The molecule has 0 radical (unpaired) electrons. The van der Waals surface area contributed by atoms with E-state index in [2.05, 4.69) is 22.6 Å². The number of alkyl halides is 2. The molecule has 1 aromatic rings. The van der Waals surface area contributed by atoms with Gasteiger partial charge in [-0.05, 0) is 40.8 Å². The molecule has 1 aromatic carbocycles.